The van der Waals surface area contributed by atoms with Gasteiger partial charge in [-0.2, -0.15) is 0 Å². The Labute approximate surface area is 152 Å². The van der Waals surface area contributed by atoms with Gasteiger partial charge in [-0.1, -0.05) is 48.0 Å². The molecule has 0 radical (unpaired) electrons. The van der Waals surface area contributed by atoms with Gasteiger partial charge in [0.2, 0.25) is 21.8 Å². The van der Waals surface area contributed by atoms with Crippen LogP contribution in [0.4, 0.5) is 0 Å². The molecular formula is C19H20N2O4S. The smallest absolute Gasteiger partial charge is 0.241 e. The monoisotopic (exact) mass is 372 g/mol. The third-order valence-corrected chi connectivity index (χ3v) is 5.84. The minimum absolute atomic E-state index is 0.0211. The lowest BCUT2D eigenvalue weighted by atomic mass is 10.1. The number of sulfonamides is 1. The molecule has 1 atom stereocenters. The maximum atomic E-state index is 12.8. The van der Waals surface area contributed by atoms with Gasteiger partial charge in [-0.25, -0.2) is 13.1 Å². The first kappa shape index (κ1) is 18.3. The van der Waals surface area contributed by atoms with Crippen molar-refractivity contribution in [1.82, 2.24) is 9.62 Å². The number of carbonyl (C=O) groups is 2. The van der Waals surface area contributed by atoms with E-state index in [1.54, 1.807) is 36.4 Å². The zero-order valence-corrected chi connectivity index (χ0v) is 15.2. The van der Waals surface area contributed by atoms with Crippen LogP contribution in [0.2, 0.25) is 0 Å². The molecule has 2 aromatic rings. The molecule has 26 heavy (non-hydrogen) atoms. The minimum atomic E-state index is -3.80. The van der Waals surface area contributed by atoms with E-state index in [9.17, 15) is 18.0 Å². The number of rotatable bonds is 6. The molecule has 0 aromatic heterocycles. The summed E-state index contributed by atoms with van der Waals surface area (Å²) in [5.74, 6) is -0.545. The summed E-state index contributed by atoms with van der Waals surface area (Å²) in [4.78, 5) is 25.2. The van der Waals surface area contributed by atoms with E-state index in [2.05, 4.69) is 4.72 Å². The van der Waals surface area contributed by atoms with E-state index in [1.807, 2.05) is 13.0 Å². The highest BCUT2D eigenvalue weighted by atomic mass is 32.2. The second-order valence-corrected chi connectivity index (χ2v) is 8.01. The number of imide groups is 1. The largest absolute Gasteiger partial charge is 0.281 e. The molecule has 1 fully saturated rings. The molecule has 1 unspecified atom stereocenters. The van der Waals surface area contributed by atoms with Crippen molar-refractivity contribution in [3.05, 3.63) is 65.7 Å². The molecule has 3 rings (SSSR count). The van der Waals surface area contributed by atoms with Crippen molar-refractivity contribution < 1.29 is 18.0 Å². The molecule has 7 heteroatoms. The van der Waals surface area contributed by atoms with Crippen LogP contribution in [-0.2, 0) is 19.6 Å². The Morgan fingerprint density at radius 1 is 0.962 bits per heavy atom. The van der Waals surface area contributed by atoms with Crippen LogP contribution in [-0.4, -0.2) is 31.7 Å². The summed E-state index contributed by atoms with van der Waals surface area (Å²) in [6.07, 6.45) is 0.343. The van der Waals surface area contributed by atoms with Gasteiger partial charge in [-0.3, -0.25) is 14.5 Å². The van der Waals surface area contributed by atoms with Gasteiger partial charge < -0.3 is 0 Å². The Kier molecular flexibility index (Phi) is 5.20. The molecular weight excluding hydrogens is 352 g/mol. The van der Waals surface area contributed by atoms with E-state index in [4.69, 9.17) is 0 Å². The van der Waals surface area contributed by atoms with Gasteiger partial charge in [0.1, 0.15) is 0 Å². The molecule has 136 valence electrons. The van der Waals surface area contributed by atoms with Gasteiger partial charge in [0, 0.05) is 19.4 Å². The number of hydrogen-bond donors (Lipinski definition) is 1. The van der Waals surface area contributed by atoms with Gasteiger partial charge in [0.15, 0.2) is 0 Å². The van der Waals surface area contributed by atoms with Gasteiger partial charge in [-0.05, 0) is 24.6 Å². The molecule has 1 N–H and O–H groups in total. The summed E-state index contributed by atoms with van der Waals surface area (Å²) in [5, 5.41) is 0. The molecule has 2 amide bonds. The van der Waals surface area contributed by atoms with Crippen LogP contribution in [0.5, 0.6) is 0 Å². The first-order valence-corrected chi connectivity index (χ1v) is 9.82. The summed E-state index contributed by atoms with van der Waals surface area (Å²) in [6, 6.07) is 14.7. The van der Waals surface area contributed by atoms with Crippen molar-refractivity contribution in [2.24, 2.45) is 0 Å². The molecule has 2 aromatic carbocycles. The third-order valence-electron chi connectivity index (χ3n) is 4.35. The molecule has 1 aliphatic rings. The number of likely N-dealkylation sites (tertiary alicyclic amines) is 1. The van der Waals surface area contributed by atoms with E-state index in [1.165, 1.54) is 12.1 Å². The number of amides is 2. The molecule has 1 aliphatic heterocycles. The number of hydrogen-bond acceptors (Lipinski definition) is 4. The fourth-order valence-electron chi connectivity index (χ4n) is 2.88. The van der Waals surface area contributed by atoms with Crippen LogP contribution < -0.4 is 4.72 Å². The average Bonchev–Trinajstić information content (AvgIpc) is 2.94. The summed E-state index contributed by atoms with van der Waals surface area (Å²) in [6.45, 7) is 1.86. The van der Waals surface area contributed by atoms with Crippen molar-refractivity contribution >= 4 is 21.8 Å². The first-order valence-electron chi connectivity index (χ1n) is 8.34. The maximum Gasteiger partial charge on any atom is 0.241 e. The molecule has 6 nitrogen and oxygen atoms in total. The van der Waals surface area contributed by atoms with Crippen LogP contribution >= 0.6 is 0 Å². The zero-order chi connectivity index (χ0) is 18.7. The molecule has 0 aliphatic carbocycles. The number of aryl methyl sites for hydroxylation is 1. The molecule has 0 spiro atoms. The number of nitrogens with one attached hydrogen (secondary N) is 1. The first-order chi connectivity index (χ1) is 12.4. The Morgan fingerprint density at radius 2 is 1.54 bits per heavy atom. The van der Waals surface area contributed by atoms with E-state index < -0.39 is 16.1 Å². The molecule has 0 bridgehead atoms. The Bertz CT molecular complexity index is 892. The highest BCUT2D eigenvalue weighted by molar-refractivity contribution is 7.89. The van der Waals surface area contributed by atoms with E-state index in [0.29, 0.717) is 5.56 Å². The Balaban J connectivity index is 1.89. The fraction of sp³-hybridized carbons (Fsp3) is 0.263. The maximum absolute atomic E-state index is 12.8. The van der Waals surface area contributed by atoms with Crippen LogP contribution in [0.25, 0.3) is 0 Å². The Morgan fingerprint density at radius 3 is 2.12 bits per heavy atom. The number of benzene rings is 2. The highest BCUT2D eigenvalue weighted by Gasteiger charge is 2.33. The SMILES string of the molecule is Cc1ccc(S(=O)(=O)NC(CN2C(=O)CCC2=O)c2ccccc2)cc1. The standard InChI is InChI=1S/C19H20N2O4S/c1-14-7-9-16(10-8-14)26(24,25)20-17(15-5-3-2-4-6-15)13-21-18(22)11-12-19(21)23/h2-10,17,20H,11-13H2,1H3. The fourth-order valence-corrected chi connectivity index (χ4v) is 4.09. The lowest BCUT2D eigenvalue weighted by Gasteiger charge is -2.24. The Hall–Kier alpha value is -2.51. The third kappa shape index (κ3) is 4.00. The predicted molar refractivity (Wildman–Crippen MR) is 96.6 cm³/mol. The van der Waals surface area contributed by atoms with Gasteiger partial charge >= 0.3 is 0 Å². The summed E-state index contributed by atoms with van der Waals surface area (Å²) in [7, 11) is -3.80. The average molecular weight is 372 g/mol. The quantitative estimate of drug-likeness (QED) is 0.788. The van der Waals surface area contributed by atoms with Crippen molar-refractivity contribution in [2.45, 2.75) is 30.7 Å². The van der Waals surface area contributed by atoms with Gasteiger partial charge in [0.25, 0.3) is 0 Å². The molecule has 0 saturated carbocycles. The summed E-state index contributed by atoms with van der Waals surface area (Å²) in [5.41, 5.74) is 1.65. The topological polar surface area (TPSA) is 83.6 Å². The lowest BCUT2D eigenvalue weighted by Crippen LogP contribution is -2.40. The van der Waals surface area contributed by atoms with Crippen LogP contribution in [0.1, 0.15) is 30.0 Å². The van der Waals surface area contributed by atoms with Crippen LogP contribution in [0.3, 0.4) is 0 Å². The van der Waals surface area contributed by atoms with Crippen molar-refractivity contribution in [1.29, 1.82) is 0 Å². The summed E-state index contributed by atoms with van der Waals surface area (Å²) < 4.78 is 28.2. The van der Waals surface area contributed by atoms with Crippen molar-refractivity contribution in [3.63, 3.8) is 0 Å². The lowest BCUT2D eigenvalue weighted by molar-refractivity contribution is -0.138. The normalized spacial score (nSPS) is 16.1. The van der Waals surface area contributed by atoms with Crippen LogP contribution in [0.15, 0.2) is 59.5 Å². The van der Waals surface area contributed by atoms with Crippen molar-refractivity contribution in [3.8, 4) is 0 Å². The van der Waals surface area contributed by atoms with E-state index in [-0.39, 0.29) is 36.1 Å². The number of carbonyl (C=O) groups excluding carboxylic acids is 2. The van der Waals surface area contributed by atoms with E-state index in [0.717, 1.165) is 10.5 Å². The highest BCUT2D eigenvalue weighted by Crippen LogP contribution is 2.22. The second-order valence-electron chi connectivity index (χ2n) is 6.30. The molecule has 1 heterocycles. The van der Waals surface area contributed by atoms with Gasteiger partial charge in [-0.15, -0.1) is 0 Å². The van der Waals surface area contributed by atoms with Crippen LogP contribution in [0, 0.1) is 6.92 Å². The second kappa shape index (κ2) is 7.39. The predicted octanol–water partition coefficient (Wildman–Crippen LogP) is 2.16. The molecule has 1 saturated heterocycles. The van der Waals surface area contributed by atoms with Gasteiger partial charge in [0.05, 0.1) is 10.9 Å². The minimum Gasteiger partial charge on any atom is -0.281 e. The summed E-state index contributed by atoms with van der Waals surface area (Å²) >= 11 is 0. The zero-order valence-electron chi connectivity index (χ0n) is 14.4. The van der Waals surface area contributed by atoms with E-state index >= 15 is 0 Å². The van der Waals surface area contributed by atoms with Crippen molar-refractivity contribution in [2.75, 3.05) is 6.54 Å². The number of nitrogens with zero attached hydrogens (tertiary/aromatic N) is 1.